The summed E-state index contributed by atoms with van der Waals surface area (Å²) in [6.45, 7) is 7.03. The molecule has 2 rings (SSSR count). The molecular weight excluding hydrogens is 234 g/mol. The van der Waals surface area contributed by atoms with Crippen molar-refractivity contribution in [2.75, 3.05) is 18.0 Å². The largest absolute Gasteiger partial charge is 0.460 e. The fourth-order valence-electron chi connectivity index (χ4n) is 2.01. The highest BCUT2D eigenvalue weighted by molar-refractivity contribution is 5.74. The maximum Gasteiger partial charge on any atom is 0.311 e. The van der Waals surface area contributed by atoms with E-state index >= 15 is 0 Å². The molecule has 1 aliphatic rings. The van der Waals surface area contributed by atoms with E-state index in [1.165, 1.54) is 0 Å². The summed E-state index contributed by atoms with van der Waals surface area (Å²) < 4.78 is 7.00. The van der Waals surface area contributed by atoms with Crippen LogP contribution in [0.15, 0.2) is 0 Å². The monoisotopic (exact) mass is 253 g/mol. The van der Waals surface area contributed by atoms with Crippen molar-refractivity contribution in [2.24, 2.45) is 13.0 Å². The number of rotatable bonds is 2. The number of anilines is 1. The highest BCUT2D eigenvalue weighted by Gasteiger charge is 2.33. The Morgan fingerprint density at radius 1 is 1.44 bits per heavy atom. The van der Waals surface area contributed by atoms with Crippen LogP contribution in [0.4, 0.5) is 5.95 Å². The molecule has 0 amide bonds. The Labute approximate surface area is 106 Å². The first kappa shape index (κ1) is 12.8. The van der Waals surface area contributed by atoms with Gasteiger partial charge in [-0.15, -0.1) is 0 Å². The molecule has 0 bridgehead atoms. The van der Waals surface area contributed by atoms with Crippen LogP contribution >= 0.6 is 0 Å². The standard InChI is InChI=1S/C11H19N5O2/c1-11(2,3)18-9(17)8-5-6-16(7-8)10-12-13-14-15(10)4/h8H,5-7H2,1-4H3. The predicted octanol–water partition coefficient (Wildman–Crippen LogP) is 0.378. The van der Waals surface area contributed by atoms with Gasteiger partial charge in [0.2, 0.25) is 5.95 Å². The van der Waals surface area contributed by atoms with E-state index in [4.69, 9.17) is 4.74 Å². The number of hydrogen-bond acceptors (Lipinski definition) is 6. The molecule has 0 radical (unpaired) electrons. The Morgan fingerprint density at radius 2 is 2.17 bits per heavy atom. The molecule has 1 atom stereocenters. The highest BCUT2D eigenvalue weighted by atomic mass is 16.6. The van der Waals surface area contributed by atoms with Gasteiger partial charge in [0.1, 0.15) is 5.60 Å². The van der Waals surface area contributed by atoms with E-state index in [2.05, 4.69) is 15.5 Å². The van der Waals surface area contributed by atoms with Crippen molar-refractivity contribution < 1.29 is 9.53 Å². The molecule has 0 aromatic carbocycles. The summed E-state index contributed by atoms with van der Waals surface area (Å²) in [4.78, 5) is 14.0. The maximum atomic E-state index is 12.0. The van der Waals surface area contributed by atoms with Gasteiger partial charge in [0.25, 0.3) is 0 Å². The van der Waals surface area contributed by atoms with Crippen LogP contribution in [-0.2, 0) is 16.6 Å². The SMILES string of the molecule is Cn1nnnc1N1CCC(C(=O)OC(C)(C)C)C1. The quantitative estimate of drug-likeness (QED) is 0.709. The van der Waals surface area contributed by atoms with Crippen molar-refractivity contribution in [2.45, 2.75) is 32.8 Å². The molecule has 0 aliphatic carbocycles. The number of carbonyl (C=O) groups is 1. The molecule has 2 heterocycles. The minimum atomic E-state index is -0.434. The number of esters is 1. The Bertz CT molecular complexity index is 437. The lowest BCUT2D eigenvalue weighted by atomic mass is 10.1. The van der Waals surface area contributed by atoms with Crippen molar-refractivity contribution in [1.29, 1.82) is 0 Å². The molecule has 1 aromatic heterocycles. The number of aromatic nitrogens is 4. The number of tetrazole rings is 1. The smallest absolute Gasteiger partial charge is 0.311 e. The lowest BCUT2D eigenvalue weighted by Crippen LogP contribution is -2.31. The molecule has 0 spiro atoms. The van der Waals surface area contributed by atoms with E-state index in [9.17, 15) is 4.79 Å². The zero-order valence-corrected chi connectivity index (χ0v) is 11.3. The van der Waals surface area contributed by atoms with E-state index < -0.39 is 5.60 Å². The van der Waals surface area contributed by atoms with E-state index in [0.717, 1.165) is 13.0 Å². The second-order valence-electron chi connectivity index (χ2n) is 5.57. The van der Waals surface area contributed by atoms with Crippen molar-refractivity contribution in [3.8, 4) is 0 Å². The summed E-state index contributed by atoms with van der Waals surface area (Å²) in [6.07, 6.45) is 0.780. The second-order valence-corrected chi connectivity index (χ2v) is 5.57. The second kappa shape index (κ2) is 4.55. The van der Waals surface area contributed by atoms with Gasteiger partial charge < -0.3 is 9.64 Å². The molecule has 1 unspecified atom stereocenters. The average molecular weight is 253 g/mol. The fraction of sp³-hybridized carbons (Fsp3) is 0.818. The first-order valence-electron chi connectivity index (χ1n) is 6.07. The molecule has 100 valence electrons. The topological polar surface area (TPSA) is 73.1 Å². The Hall–Kier alpha value is -1.66. The number of hydrogen-bond donors (Lipinski definition) is 0. The average Bonchev–Trinajstić information content (AvgIpc) is 2.82. The van der Waals surface area contributed by atoms with Gasteiger partial charge in [0, 0.05) is 20.1 Å². The maximum absolute atomic E-state index is 12.0. The third-order valence-electron chi connectivity index (χ3n) is 2.81. The van der Waals surface area contributed by atoms with E-state index in [1.54, 1.807) is 11.7 Å². The molecule has 1 fully saturated rings. The summed E-state index contributed by atoms with van der Waals surface area (Å²) in [7, 11) is 1.79. The minimum absolute atomic E-state index is 0.0964. The van der Waals surface area contributed by atoms with E-state index in [0.29, 0.717) is 12.5 Å². The normalized spacial score (nSPS) is 20.2. The van der Waals surface area contributed by atoms with Gasteiger partial charge in [-0.3, -0.25) is 4.79 Å². The third-order valence-corrected chi connectivity index (χ3v) is 2.81. The van der Waals surface area contributed by atoms with Gasteiger partial charge in [-0.05, 0) is 37.6 Å². The van der Waals surface area contributed by atoms with Gasteiger partial charge >= 0.3 is 5.97 Å². The molecule has 1 aromatic rings. The lowest BCUT2D eigenvalue weighted by Gasteiger charge is -2.22. The van der Waals surface area contributed by atoms with Crippen LogP contribution in [0.5, 0.6) is 0 Å². The third kappa shape index (κ3) is 2.77. The fourth-order valence-corrected chi connectivity index (χ4v) is 2.01. The van der Waals surface area contributed by atoms with E-state index in [-0.39, 0.29) is 11.9 Å². The van der Waals surface area contributed by atoms with Crippen LogP contribution < -0.4 is 4.90 Å². The van der Waals surface area contributed by atoms with Crippen molar-refractivity contribution in [3.05, 3.63) is 0 Å². The van der Waals surface area contributed by atoms with Crippen molar-refractivity contribution >= 4 is 11.9 Å². The number of aryl methyl sites for hydroxylation is 1. The van der Waals surface area contributed by atoms with Crippen molar-refractivity contribution in [1.82, 2.24) is 20.2 Å². The molecule has 0 saturated carbocycles. The van der Waals surface area contributed by atoms with Gasteiger partial charge in [-0.1, -0.05) is 5.10 Å². The van der Waals surface area contributed by atoms with Crippen LogP contribution in [0.3, 0.4) is 0 Å². The predicted molar refractivity (Wildman–Crippen MR) is 65.0 cm³/mol. The number of carbonyl (C=O) groups excluding carboxylic acids is 1. The summed E-state index contributed by atoms with van der Waals surface area (Å²) in [5, 5.41) is 11.3. The van der Waals surface area contributed by atoms with Gasteiger partial charge in [-0.2, -0.15) is 0 Å². The highest BCUT2D eigenvalue weighted by Crippen LogP contribution is 2.23. The summed E-state index contributed by atoms with van der Waals surface area (Å²) >= 11 is 0. The van der Waals surface area contributed by atoms with Crippen LogP contribution in [0.2, 0.25) is 0 Å². The van der Waals surface area contributed by atoms with Crippen molar-refractivity contribution in [3.63, 3.8) is 0 Å². The van der Waals surface area contributed by atoms with Gasteiger partial charge in [-0.25, -0.2) is 4.68 Å². The van der Waals surface area contributed by atoms with Crippen LogP contribution in [0.1, 0.15) is 27.2 Å². The Kier molecular flexibility index (Phi) is 3.23. The molecule has 1 saturated heterocycles. The first-order valence-corrected chi connectivity index (χ1v) is 6.07. The molecule has 0 N–H and O–H groups in total. The molecule has 7 heteroatoms. The van der Waals surface area contributed by atoms with Crippen LogP contribution in [0.25, 0.3) is 0 Å². The van der Waals surface area contributed by atoms with Crippen LogP contribution in [0, 0.1) is 5.92 Å². The first-order chi connectivity index (χ1) is 8.37. The molecule has 18 heavy (non-hydrogen) atoms. The van der Waals surface area contributed by atoms with Gasteiger partial charge in [0.05, 0.1) is 5.92 Å². The number of nitrogens with zero attached hydrogens (tertiary/aromatic N) is 5. The van der Waals surface area contributed by atoms with Crippen LogP contribution in [-0.4, -0.2) is 44.9 Å². The zero-order valence-electron chi connectivity index (χ0n) is 11.3. The summed E-state index contributed by atoms with van der Waals surface area (Å²) in [5.41, 5.74) is -0.434. The Morgan fingerprint density at radius 3 is 2.72 bits per heavy atom. The van der Waals surface area contributed by atoms with E-state index in [1.807, 2.05) is 25.7 Å². The molecular formula is C11H19N5O2. The molecule has 7 nitrogen and oxygen atoms in total. The minimum Gasteiger partial charge on any atom is -0.460 e. The summed E-state index contributed by atoms with van der Waals surface area (Å²) in [6, 6.07) is 0. The summed E-state index contributed by atoms with van der Waals surface area (Å²) in [5.74, 6) is 0.460. The Balaban J connectivity index is 1.97. The molecule has 1 aliphatic heterocycles. The van der Waals surface area contributed by atoms with Gasteiger partial charge in [0.15, 0.2) is 0 Å². The number of ether oxygens (including phenoxy) is 1. The zero-order chi connectivity index (χ0) is 13.3. The lowest BCUT2D eigenvalue weighted by molar-refractivity contribution is -0.159.